The summed E-state index contributed by atoms with van der Waals surface area (Å²) in [6.07, 6.45) is 0. The van der Waals surface area contributed by atoms with E-state index >= 15 is 0 Å². The molecule has 18 heavy (non-hydrogen) atoms. The highest BCUT2D eigenvalue weighted by atomic mass is 16.4. The van der Waals surface area contributed by atoms with Gasteiger partial charge in [0.1, 0.15) is 6.04 Å². The molecule has 0 aliphatic carbocycles. The maximum Gasteiger partial charge on any atom is 0.326 e. The quantitative estimate of drug-likeness (QED) is 0.863. The third kappa shape index (κ3) is 2.16. The molecule has 0 bridgehead atoms. The molecule has 0 radical (unpaired) electrons. The van der Waals surface area contributed by atoms with Crippen LogP contribution in [0.4, 0.5) is 4.79 Å². The average molecular weight is 248 g/mol. The number of nitrogens with zero attached hydrogens (tertiary/aromatic N) is 2. The zero-order valence-corrected chi connectivity index (χ0v) is 10.5. The number of aliphatic carboxylic acids is 1. The van der Waals surface area contributed by atoms with Gasteiger partial charge in [-0.1, -0.05) is 24.3 Å². The van der Waals surface area contributed by atoms with Crippen LogP contribution in [0.2, 0.25) is 0 Å². The molecule has 5 nitrogen and oxygen atoms in total. The van der Waals surface area contributed by atoms with Crippen molar-refractivity contribution < 1.29 is 14.7 Å². The Balaban J connectivity index is 2.07. The van der Waals surface area contributed by atoms with Crippen molar-refractivity contribution in [1.82, 2.24) is 9.80 Å². The van der Waals surface area contributed by atoms with Gasteiger partial charge in [0.25, 0.3) is 0 Å². The highest BCUT2D eigenvalue weighted by Crippen LogP contribution is 2.23. The van der Waals surface area contributed by atoms with Gasteiger partial charge in [0.15, 0.2) is 0 Å². The molecule has 0 saturated heterocycles. The fraction of sp³-hybridized carbons (Fsp3) is 0.385. The molecule has 1 N–H and O–H groups in total. The van der Waals surface area contributed by atoms with E-state index in [1.807, 2.05) is 24.3 Å². The Morgan fingerprint density at radius 1 is 1.28 bits per heavy atom. The Kier molecular flexibility index (Phi) is 3.23. The summed E-state index contributed by atoms with van der Waals surface area (Å²) in [5.74, 6) is -0.998. The Bertz CT molecular complexity index is 462. The second kappa shape index (κ2) is 4.68. The molecule has 1 aliphatic heterocycles. The fourth-order valence-electron chi connectivity index (χ4n) is 2.02. The fourth-order valence-corrected chi connectivity index (χ4v) is 2.02. The highest BCUT2D eigenvalue weighted by Gasteiger charge is 2.29. The van der Waals surface area contributed by atoms with Gasteiger partial charge in [-0.2, -0.15) is 0 Å². The minimum atomic E-state index is -0.998. The van der Waals surface area contributed by atoms with Crippen LogP contribution in [0.3, 0.4) is 0 Å². The van der Waals surface area contributed by atoms with E-state index in [-0.39, 0.29) is 6.03 Å². The molecule has 1 heterocycles. The van der Waals surface area contributed by atoms with E-state index in [0.717, 1.165) is 11.1 Å². The lowest BCUT2D eigenvalue weighted by molar-refractivity contribution is -0.141. The van der Waals surface area contributed by atoms with Gasteiger partial charge in [0, 0.05) is 20.1 Å². The number of likely N-dealkylation sites (N-methyl/N-ethyl adjacent to an activating group) is 1. The molecule has 1 aromatic rings. The van der Waals surface area contributed by atoms with Crippen LogP contribution in [0.25, 0.3) is 0 Å². The summed E-state index contributed by atoms with van der Waals surface area (Å²) in [5, 5.41) is 8.91. The Morgan fingerprint density at radius 3 is 2.22 bits per heavy atom. The van der Waals surface area contributed by atoms with Crippen molar-refractivity contribution in [1.29, 1.82) is 0 Å². The first kappa shape index (κ1) is 12.4. The summed E-state index contributed by atoms with van der Waals surface area (Å²) in [6, 6.07) is 6.79. The number of carbonyl (C=O) groups is 2. The highest BCUT2D eigenvalue weighted by molar-refractivity contribution is 5.82. The third-order valence-corrected chi connectivity index (χ3v) is 3.35. The van der Waals surface area contributed by atoms with Gasteiger partial charge in [0.05, 0.1) is 0 Å². The van der Waals surface area contributed by atoms with Crippen molar-refractivity contribution in [3.63, 3.8) is 0 Å². The third-order valence-electron chi connectivity index (χ3n) is 3.35. The van der Waals surface area contributed by atoms with Crippen LogP contribution in [0.1, 0.15) is 18.1 Å². The minimum Gasteiger partial charge on any atom is -0.480 e. The lowest BCUT2D eigenvalue weighted by Gasteiger charge is -2.27. The molecule has 0 aromatic heterocycles. The zero-order valence-electron chi connectivity index (χ0n) is 10.5. The molecule has 1 aromatic carbocycles. The van der Waals surface area contributed by atoms with E-state index in [0.29, 0.717) is 13.1 Å². The topological polar surface area (TPSA) is 60.9 Å². The molecule has 0 spiro atoms. The van der Waals surface area contributed by atoms with Gasteiger partial charge in [-0.15, -0.1) is 0 Å². The molecular weight excluding hydrogens is 232 g/mol. The molecule has 96 valence electrons. The van der Waals surface area contributed by atoms with Crippen molar-refractivity contribution in [2.24, 2.45) is 0 Å². The number of hydrogen-bond donors (Lipinski definition) is 1. The number of benzene rings is 1. The number of fused-ring (bicyclic) bond motifs is 1. The van der Waals surface area contributed by atoms with Crippen LogP contribution < -0.4 is 0 Å². The first-order valence-corrected chi connectivity index (χ1v) is 5.82. The monoisotopic (exact) mass is 248 g/mol. The van der Waals surface area contributed by atoms with E-state index < -0.39 is 12.0 Å². The molecule has 1 atom stereocenters. The van der Waals surface area contributed by atoms with Gasteiger partial charge in [0.2, 0.25) is 0 Å². The minimum absolute atomic E-state index is 0.249. The van der Waals surface area contributed by atoms with Crippen LogP contribution >= 0.6 is 0 Å². The predicted octanol–water partition coefficient (Wildman–Crippen LogP) is 1.53. The molecular formula is C13H16N2O3. The number of hydrogen-bond acceptors (Lipinski definition) is 2. The van der Waals surface area contributed by atoms with Crippen LogP contribution in [-0.4, -0.2) is 40.0 Å². The van der Waals surface area contributed by atoms with E-state index in [9.17, 15) is 9.59 Å². The second-order valence-corrected chi connectivity index (χ2v) is 4.53. The van der Waals surface area contributed by atoms with E-state index in [2.05, 4.69) is 0 Å². The van der Waals surface area contributed by atoms with Gasteiger partial charge < -0.3 is 14.9 Å². The maximum atomic E-state index is 12.1. The number of carboxylic acids is 1. The summed E-state index contributed by atoms with van der Waals surface area (Å²) < 4.78 is 0. The summed E-state index contributed by atoms with van der Waals surface area (Å²) in [7, 11) is 1.52. The normalized spacial score (nSPS) is 15.1. The Morgan fingerprint density at radius 2 is 1.78 bits per heavy atom. The molecule has 1 unspecified atom stereocenters. The Labute approximate surface area is 106 Å². The van der Waals surface area contributed by atoms with Crippen molar-refractivity contribution in [3.05, 3.63) is 35.4 Å². The predicted molar refractivity (Wildman–Crippen MR) is 65.9 cm³/mol. The van der Waals surface area contributed by atoms with Gasteiger partial charge in [-0.05, 0) is 18.1 Å². The van der Waals surface area contributed by atoms with E-state index in [1.165, 1.54) is 18.9 Å². The van der Waals surface area contributed by atoms with Crippen molar-refractivity contribution in [2.45, 2.75) is 26.1 Å². The maximum absolute atomic E-state index is 12.1. The average Bonchev–Trinajstić information content (AvgIpc) is 2.79. The summed E-state index contributed by atoms with van der Waals surface area (Å²) in [5.41, 5.74) is 2.25. The smallest absolute Gasteiger partial charge is 0.326 e. The van der Waals surface area contributed by atoms with Gasteiger partial charge in [-0.3, -0.25) is 0 Å². The Hall–Kier alpha value is -2.04. The number of carboxylic acid groups (broad SMARTS) is 1. The first-order valence-electron chi connectivity index (χ1n) is 5.82. The number of rotatable bonds is 2. The number of urea groups is 1. The van der Waals surface area contributed by atoms with Gasteiger partial charge >= 0.3 is 12.0 Å². The van der Waals surface area contributed by atoms with Crippen LogP contribution in [0.15, 0.2) is 24.3 Å². The SMILES string of the molecule is CC(C(=O)O)N(C)C(=O)N1Cc2ccccc2C1. The standard InChI is InChI=1S/C13H16N2O3/c1-9(12(16)17)14(2)13(18)15-7-10-5-3-4-6-11(10)8-15/h3-6,9H,7-8H2,1-2H3,(H,16,17). The molecule has 1 aliphatic rings. The molecule has 0 fully saturated rings. The largest absolute Gasteiger partial charge is 0.480 e. The first-order chi connectivity index (χ1) is 8.50. The van der Waals surface area contributed by atoms with Crippen molar-refractivity contribution in [2.75, 3.05) is 7.05 Å². The summed E-state index contributed by atoms with van der Waals surface area (Å²) in [4.78, 5) is 25.9. The van der Waals surface area contributed by atoms with Crippen molar-refractivity contribution >= 4 is 12.0 Å². The van der Waals surface area contributed by atoms with Gasteiger partial charge in [-0.25, -0.2) is 9.59 Å². The lowest BCUT2D eigenvalue weighted by atomic mass is 10.1. The van der Waals surface area contributed by atoms with E-state index in [4.69, 9.17) is 5.11 Å². The number of carbonyl (C=O) groups excluding carboxylic acids is 1. The zero-order chi connectivity index (χ0) is 13.3. The van der Waals surface area contributed by atoms with E-state index in [1.54, 1.807) is 4.90 Å². The molecule has 2 amide bonds. The molecule has 5 heteroatoms. The lowest BCUT2D eigenvalue weighted by Crippen LogP contribution is -2.46. The van der Waals surface area contributed by atoms with Crippen LogP contribution in [-0.2, 0) is 17.9 Å². The second-order valence-electron chi connectivity index (χ2n) is 4.53. The van der Waals surface area contributed by atoms with Crippen LogP contribution in [0, 0.1) is 0 Å². The number of amides is 2. The van der Waals surface area contributed by atoms with Crippen molar-refractivity contribution in [3.8, 4) is 0 Å². The summed E-state index contributed by atoms with van der Waals surface area (Å²) in [6.45, 7) is 2.60. The molecule has 2 rings (SSSR count). The van der Waals surface area contributed by atoms with Crippen LogP contribution in [0.5, 0.6) is 0 Å². The summed E-state index contributed by atoms with van der Waals surface area (Å²) >= 11 is 0. The molecule has 0 saturated carbocycles.